The van der Waals surface area contributed by atoms with E-state index in [1.165, 1.54) is 0 Å². The number of hydrogen-bond acceptors (Lipinski definition) is 0. The fourth-order valence-electron chi connectivity index (χ4n) is 2.44. The Labute approximate surface area is 92.3 Å². The van der Waals surface area contributed by atoms with Crippen LogP contribution in [0.3, 0.4) is 0 Å². The molecule has 0 saturated heterocycles. The van der Waals surface area contributed by atoms with E-state index >= 15 is 0 Å². The summed E-state index contributed by atoms with van der Waals surface area (Å²) in [6.45, 7) is 4.79. The highest BCUT2D eigenvalue weighted by molar-refractivity contribution is 7.72. The second kappa shape index (κ2) is 4.98. The van der Waals surface area contributed by atoms with Gasteiger partial charge in [0.25, 0.3) is 0 Å². The number of hydrogen-bond donors (Lipinski definition) is 0. The van der Waals surface area contributed by atoms with Gasteiger partial charge in [-0.3, -0.25) is 0 Å². The Morgan fingerprint density at radius 1 is 0.769 bits per heavy atom. The molecule has 0 aliphatic rings. The Hall–Kier alpha value is 0.714. The molecule has 0 radical (unpaired) electrons. The van der Waals surface area contributed by atoms with Crippen LogP contribution < -0.4 is 0 Å². The van der Waals surface area contributed by atoms with E-state index in [2.05, 4.69) is 61.1 Å². The third kappa shape index (κ3) is 2.83. The van der Waals surface area contributed by atoms with Crippen molar-refractivity contribution in [2.45, 2.75) is 12.0 Å². The van der Waals surface area contributed by atoms with Crippen LogP contribution in [-0.2, 0) is 0 Å². The number of rotatable bonds is 4. The topological polar surface area (TPSA) is 0 Å². The Kier molecular flexibility index (Phi) is 5.26. The van der Waals surface area contributed by atoms with Gasteiger partial charge in [-0.25, -0.2) is 0 Å². The maximum Gasteiger partial charge on any atom is 0.0633 e. The lowest BCUT2D eigenvalue weighted by atomic mass is 8.70. The highest BCUT2D eigenvalue weighted by Crippen LogP contribution is 2.29. The fraction of sp³-hybridized carbons (Fsp3) is 1.00. The van der Waals surface area contributed by atoms with Crippen molar-refractivity contribution in [3.8, 4) is 0 Å². The first-order valence-corrected chi connectivity index (χ1v) is 5.74. The highest BCUT2D eigenvalue weighted by Gasteiger charge is 2.41. The molecule has 0 atom stereocenters. The van der Waals surface area contributed by atoms with Gasteiger partial charge in [0.05, 0.1) is 67.1 Å². The summed E-state index contributed by atoms with van der Waals surface area (Å²) in [6, 6.07) is 0. The van der Waals surface area contributed by atoms with Crippen molar-refractivity contribution < 1.29 is 0 Å². The van der Waals surface area contributed by atoms with Crippen LogP contribution in [0.4, 0.5) is 0 Å². The van der Waals surface area contributed by atoms with E-state index in [9.17, 15) is 0 Å². The van der Waals surface area contributed by atoms with E-state index in [4.69, 9.17) is 0 Å². The molecule has 0 fully saturated rings. The van der Waals surface area contributed by atoms with Crippen LogP contribution in [0.25, 0.3) is 0 Å². The van der Waals surface area contributed by atoms with Gasteiger partial charge in [0.2, 0.25) is 0 Å². The van der Waals surface area contributed by atoms with Crippen LogP contribution in [0, 0.1) is 0 Å². The van der Waals surface area contributed by atoms with Crippen LogP contribution >= 0.6 is 0 Å². The van der Waals surface area contributed by atoms with Gasteiger partial charge >= 0.3 is 0 Å². The second-order valence-corrected chi connectivity index (χ2v) is 5.71. The molecule has 13 heavy (non-hydrogen) atoms. The third-order valence-electron chi connectivity index (χ3n) is 4.47. The molecule has 0 nitrogen and oxygen atoms in total. The molecule has 0 rings (SSSR count). The van der Waals surface area contributed by atoms with Gasteiger partial charge in [-0.05, 0) is 0 Å². The Morgan fingerprint density at radius 3 is 1.15 bits per heavy atom. The van der Waals surface area contributed by atoms with Crippen molar-refractivity contribution in [1.29, 1.82) is 0 Å². The summed E-state index contributed by atoms with van der Waals surface area (Å²) in [4.78, 5) is 0. The van der Waals surface area contributed by atoms with Gasteiger partial charge in [-0.1, -0.05) is 6.92 Å². The molecular weight excluding hydrogens is 143 g/mol. The normalized spacial score (nSPS) is 10.5. The maximum atomic E-state index is 2.45. The second-order valence-electron chi connectivity index (χ2n) is 5.71. The van der Waals surface area contributed by atoms with E-state index < -0.39 is 0 Å². The van der Waals surface area contributed by atoms with Gasteiger partial charge in [-0.15, -0.1) is 5.11 Å². The van der Waals surface area contributed by atoms with Crippen LogP contribution in [0.1, 0.15) is 6.92 Å². The molecule has 0 saturated carbocycles. The quantitative estimate of drug-likeness (QED) is 0.358. The van der Waals surface area contributed by atoms with Crippen molar-refractivity contribution >= 4 is 80.0 Å². The summed E-state index contributed by atoms with van der Waals surface area (Å²) in [5, 5.41) is 0.480. The zero-order valence-electron chi connectivity index (χ0n) is 10.8. The third-order valence-corrected chi connectivity index (χ3v) is 4.47. The molecule has 0 heterocycles. The average molecular weight is 160 g/mol. The average Bonchev–Trinajstić information content (AvgIpc) is 2.00. The predicted molar refractivity (Wildman–Crippen MR) is 91.2 cm³/mol. The van der Waals surface area contributed by atoms with Crippen molar-refractivity contribution in [2.24, 2.45) is 0 Å². The molecule has 0 bridgehead atoms. The van der Waals surface area contributed by atoms with E-state index in [-0.39, 0.29) is 0 Å². The van der Waals surface area contributed by atoms with Crippen molar-refractivity contribution in [3.63, 3.8) is 0 Å². The van der Waals surface area contributed by atoms with Gasteiger partial charge < -0.3 is 0 Å². The minimum Gasteiger partial charge on any atom is -0.133 e. The zero-order chi connectivity index (χ0) is 10.8. The minimum absolute atomic E-state index is 0.480. The van der Waals surface area contributed by atoms with Gasteiger partial charge in [0.1, 0.15) is 0 Å². The van der Waals surface area contributed by atoms with Crippen LogP contribution in [0.15, 0.2) is 0 Å². The van der Waals surface area contributed by atoms with Crippen LogP contribution in [0.5, 0.6) is 0 Å². The molecule has 58 valence electrons. The predicted octanol–water partition coefficient (Wildman–Crippen LogP) is -7.21. The zero-order valence-corrected chi connectivity index (χ0v) is 10.8. The first kappa shape index (κ1) is 13.7. The first-order valence-electron chi connectivity index (χ1n) is 5.74. The standard InChI is InChI=1S/C2H17B11/c1-2(10(3)4,11(5)6)12(7)13(8)9/h3-9H2,1H3. The van der Waals surface area contributed by atoms with Crippen LogP contribution in [-0.4, -0.2) is 80.0 Å². The summed E-state index contributed by atoms with van der Waals surface area (Å²) in [6.07, 6.45) is 0.787. The minimum atomic E-state index is 0.480. The molecule has 0 aliphatic heterocycles. The summed E-state index contributed by atoms with van der Waals surface area (Å²) < 4.78 is 0. The molecule has 0 aromatic rings. The van der Waals surface area contributed by atoms with E-state index in [0.717, 1.165) is 25.9 Å². The molecular formula is C2H17B11. The van der Waals surface area contributed by atoms with E-state index in [1.54, 1.807) is 0 Å². The summed E-state index contributed by atoms with van der Waals surface area (Å²) >= 11 is 0. The molecule has 11 heteroatoms. The fourth-order valence-corrected chi connectivity index (χ4v) is 2.44. The highest BCUT2D eigenvalue weighted by atomic mass is 13.8. The molecule has 0 unspecified atom stereocenters. The molecule has 0 amide bonds. The Bertz CT molecular complexity index is 142. The maximum absolute atomic E-state index is 2.45. The van der Waals surface area contributed by atoms with Gasteiger partial charge in [0.15, 0.2) is 0 Å². The molecule has 0 N–H and O–H groups in total. The molecule has 0 spiro atoms. The van der Waals surface area contributed by atoms with Gasteiger partial charge in [-0.2, -0.15) is 0 Å². The van der Waals surface area contributed by atoms with Crippen LogP contribution in [0.2, 0.25) is 5.11 Å². The Morgan fingerprint density at radius 2 is 1.08 bits per heavy atom. The van der Waals surface area contributed by atoms with Crippen molar-refractivity contribution in [3.05, 3.63) is 0 Å². The van der Waals surface area contributed by atoms with E-state index in [1.807, 2.05) is 0 Å². The van der Waals surface area contributed by atoms with Crippen molar-refractivity contribution in [2.75, 3.05) is 0 Å². The van der Waals surface area contributed by atoms with E-state index in [0.29, 0.717) is 5.11 Å². The summed E-state index contributed by atoms with van der Waals surface area (Å²) in [7, 11) is 16.5. The first-order chi connectivity index (χ1) is 5.74. The molecule has 0 aliphatic carbocycles. The smallest absolute Gasteiger partial charge is 0.0633 e. The molecule has 0 aromatic carbocycles. The van der Waals surface area contributed by atoms with Crippen molar-refractivity contribution in [1.82, 2.24) is 0 Å². The largest absolute Gasteiger partial charge is 0.133 e. The monoisotopic (exact) mass is 162 g/mol. The lowest BCUT2D eigenvalue weighted by Gasteiger charge is -2.43. The summed E-state index contributed by atoms with van der Waals surface area (Å²) in [5.74, 6) is 0. The summed E-state index contributed by atoms with van der Waals surface area (Å²) in [5.41, 5.74) is 0. The lowest BCUT2D eigenvalue weighted by Crippen LogP contribution is -2.61. The SMILES string of the molecule is BB(B)B(B)C(C)(B(B)B)B(B)B. The Balaban J connectivity index is 4.79. The van der Waals surface area contributed by atoms with Gasteiger partial charge in [0, 0.05) is 12.9 Å². The molecule has 0 aromatic heterocycles. The lowest BCUT2D eigenvalue weighted by molar-refractivity contribution is 1.20.